The van der Waals surface area contributed by atoms with Gasteiger partial charge < -0.3 is 10.2 Å². The first kappa shape index (κ1) is 18.5. The summed E-state index contributed by atoms with van der Waals surface area (Å²) >= 11 is 0. The van der Waals surface area contributed by atoms with Crippen LogP contribution in [0, 0.1) is 6.92 Å². The molecule has 1 saturated heterocycles. The molecule has 0 bridgehead atoms. The van der Waals surface area contributed by atoms with Crippen molar-refractivity contribution in [3.63, 3.8) is 0 Å². The molecule has 2 aromatic rings. The summed E-state index contributed by atoms with van der Waals surface area (Å²) in [6, 6.07) is 18.5. The molecule has 1 heterocycles. The summed E-state index contributed by atoms with van der Waals surface area (Å²) in [5.74, 6) is 0.102. The van der Waals surface area contributed by atoms with Gasteiger partial charge in [0.2, 0.25) is 5.91 Å². The average molecular weight is 351 g/mol. The summed E-state index contributed by atoms with van der Waals surface area (Å²) < 4.78 is 0. The summed E-state index contributed by atoms with van der Waals surface area (Å²) in [5.41, 5.74) is 3.75. The zero-order valence-electron chi connectivity index (χ0n) is 16.0. The molecule has 1 fully saturated rings. The average Bonchev–Trinajstić information content (AvgIpc) is 2.68. The van der Waals surface area contributed by atoms with Crippen molar-refractivity contribution in [3.05, 3.63) is 65.7 Å². The topological polar surface area (TPSA) is 35.6 Å². The number of benzene rings is 2. The zero-order valence-corrected chi connectivity index (χ0v) is 16.0. The lowest BCUT2D eigenvalue weighted by Gasteiger charge is -2.39. The summed E-state index contributed by atoms with van der Waals surface area (Å²) in [7, 11) is 0. The van der Waals surface area contributed by atoms with Crippen LogP contribution in [0.4, 0.5) is 5.69 Å². The molecule has 4 nitrogen and oxygen atoms in total. The van der Waals surface area contributed by atoms with Crippen molar-refractivity contribution in [3.8, 4) is 0 Å². The maximum absolute atomic E-state index is 12.7. The van der Waals surface area contributed by atoms with E-state index in [1.807, 2.05) is 32.0 Å². The van der Waals surface area contributed by atoms with Gasteiger partial charge in [0, 0.05) is 31.9 Å². The number of hydrogen-bond acceptors (Lipinski definition) is 3. The molecule has 0 saturated carbocycles. The minimum atomic E-state index is -0.111. The SMILES string of the molecule is Cc1ccccc1N1CCN([C@@H](C)C(=O)N[C@H](C)c2ccccc2)CC1. The van der Waals surface area contributed by atoms with E-state index in [1.54, 1.807) is 0 Å². The lowest BCUT2D eigenvalue weighted by molar-refractivity contribution is -0.126. The monoisotopic (exact) mass is 351 g/mol. The standard InChI is InChI=1S/C22H29N3O/c1-17-9-7-8-12-21(17)25-15-13-24(14-16-25)19(3)22(26)23-18(2)20-10-5-4-6-11-20/h4-12,18-19H,13-16H2,1-3H3,(H,23,26)/t18-,19+/m1/s1. The molecule has 0 aliphatic carbocycles. The van der Waals surface area contributed by atoms with Crippen LogP contribution in [-0.4, -0.2) is 43.0 Å². The lowest BCUT2D eigenvalue weighted by Crippen LogP contribution is -2.54. The fraction of sp³-hybridized carbons (Fsp3) is 0.409. The number of hydrogen-bond donors (Lipinski definition) is 1. The van der Waals surface area contributed by atoms with E-state index in [1.165, 1.54) is 11.3 Å². The number of nitrogens with one attached hydrogen (secondary N) is 1. The molecule has 1 aliphatic heterocycles. The Morgan fingerprint density at radius 1 is 0.923 bits per heavy atom. The van der Waals surface area contributed by atoms with Crippen LogP contribution in [0.2, 0.25) is 0 Å². The van der Waals surface area contributed by atoms with Crippen molar-refractivity contribution in [2.24, 2.45) is 0 Å². The molecule has 0 radical (unpaired) electrons. The number of rotatable bonds is 5. The molecule has 0 aromatic heterocycles. The second kappa shape index (κ2) is 8.37. The van der Waals surface area contributed by atoms with Crippen LogP contribution in [0.1, 0.15) is 31.0 Å². The fourth-order valence-corrected chi connectivity index (χ4v) is 3.59. The highest BCUT2D eigenvalue weighted by molar-refractivity contribution is 5.81. The molecular weight excluding hydrogens is 322 g/mol. The third kappa shape index (κ3) is 4.25. The Morgan fingerprint density at radius 3 is 2.19 bits per heavy atom. The number of anilines is 1. The van der Waals surface area contributed by atoms with Crippen molar-refractivity contribution in [1.29, 1.82) is 0 Å². The maximum Gasteiger partial charge on any atom is 0.237 e. The first-order valence-corrected chi connectivity index (χ1v) is 9.46. The van der Waals surface area contributed by atoms with Crippen LogP contribution in [0.3, 0.4) is 0 Å². The van der Waals surface area contributed by atoms with Gasteiger partial charge in [0.15, 0.2) is 0 Å². The van der Waals surface area contributed by atoms with E-state index < -0.39 is 0 Å². The Bertz CT molecular complexity index is 723. The van der Waals surface area contributed by atoms with Gasteiger partial charge in [-0.1, -0.05) is 48.5 Å². The van der Waals surface area contributed by atoms with E-state index in [0.29, 0.717) is 0 Å². The summed E-state index contributed by atoms with van der Waals surface area (Å²) in [4.78, 5) is 17.4. The minimum absolute atomic E-state index is 0.0272. The van der Waals surface area contributed by atoms with E-state index in [2.05, 4.69) is 58.4 Å². The second-order valence-electron chi connectivity index (χ2n) is 7.13. The smallest absolute Gasteiger partial charge is 0.237 e. The van der Waals surface area contributed by atoms with Gasteiger partial charge in [-0.2, -0.15) is 0 Å². The van der Waals surface area contributed by atoms with Gasteiger partial charge >= 0.3 is 0 Å². The van der Waals surface area contributed by atoms with Crippen LogP contribution in [-0.2, 0) is 4.79 Å². The third-order valence-corrected chi connectivity index (χ3v) is 5.36. The van der Waals surface area contributed by atoms with Crippen LogP contribution in [0.25, 0.3) is 0 Å². The van der Waals surface area contributed by atoms with Gasteiger partial charge in [-0.05, 0) is 38.0 Å². The van der Waals surface area contributed by atoms with Crippen LogP contribution in [0.15, 0.2) is 54.6 Å². The van der Waals surface area contributed by atoms with E-state index in [4.69, 9.17) is 0 Å². The summed E-state index contributed by atoms with van der Waals surface area (Å²) in [5, 5.41) is 3.15. The van der Waals surface area contributed by atoms with Gasteiger partial charge in [-0.25, -0.2) is 0 Å². The summed E-state index contributed by atoms with van der Waals surface area (Å²) in [6.07, 6.45) is 0. The van der Waals surface area contributed by atoms with Crippen molar-refractivity contribution in [1.82, 2.24) is 10.2 Å². The van der Waals surface area contributed by atoms with Crippen LogP contribution < -0.4 is 10.2 Å². The van der Waals surface area contributed by atoms with Crippen molar-refractivity contribution in [2.75, 3.05) is 31.1 Å². The molecule has 1 amide bonds. The Morgan fingerprint density at radius 2 is 1.54 bits per heavy atom. The maximum atomic E-state index is 12.7. The normalized spacial score (nSPS) is 17.6. The van der Waals surface area contributed by atoms with Crippen LogP contribution in [0.5, 0.6) is 0 Å². The van der Waals surface area contributed by atoms with Gasteiger partial charge in [0.05, 0.1) is 12.1 Å². The highest BCUT2D eigenvalue weighted by Gasteiger charge is 2.26. The molecule has 0 spiro atoms. The zero-order chi connectivity index (χ0) is 18.5. The molecule has 138 valence electrons. The van der Waals surface area contributed by atoms with E-state index in [0.717, 1.165) is 31.7 Å². The molecule has 2 aromatic carbocycles. The van der Waals surface area contributed by atoms with E-state index in [-0.39, 0.29) is 18.0 Å². The van der Waals surface area contributed by atoms with Gasteiger partial charge in [0.1, 0.15) is 0 Å². The largest absolute Gasteiger partial charge is 0.369 e. The van der Waals surface area contributed by atoms with Gasteiger partial charge in [0.25, 0.3) is 0 Å². The summed E-state index contributed by atoms with van der Waals surface area (Å²) in [6.45, 7) is 9.92. The van der Waals surface area contributed by atoms with Gasteiger partial charge in [-0.3, -0.25) is 9.69 Å². The lowest BCUT2D eigenvalue weighted by atomic mass is 10.1. The number of piperazine rings is 1. The van der Waals surface area contributed by atoms with Crippen molar-refractivity contribution >= 4 is 11.6 Å². The number of carbonyl (C=O) groups is 1. The first-order chi connectivity index (χ1) is 12.6. The van der Waals surface area contributed by atoms with E-state index in [9.17, 15) is 4.79 Å². The second-order valence-corrected chi connectivity index (χ2v) is 7.13. The third-order valence-electron chi connectivity index (χ3n) is 5.36. The Kier molecular flexibility index (Phi) is 5.94. The molecule has 4 heteroatoms. The molecule has 3 rings (SSSR count). The highest BCUT2D eigenvalue weighted by Crippen LogP contribution is 2.21. The minimum Gasteiger partial charge on any atom is -0.369 e. The Hall–Kier alpha value is -2.33. The molecular formula is C22H29N3O. The first-order valence-electron chi connectivity index (χ1n) is 9.46. The van der Waals surface area contributed by atoms with Gasteiger partial charge in [-0.15, -0.1) is 0 Å². The highest BCUT2D eigenvalue weighted by atomic mass is 16.2. The Balaban J connectivity index is 1.54. The molecule has 1 N–H and O–H groups in total. The fourth-order valence-electron chi connectivity index (χ4n) is 3.59. The number of para-hydroxylation sites is 1. The molecule has 26 heavy (non-hydrogen) atoms. The number of carbonyl (C=O) groups excluding carboxylic acids is 1. The van der Waals surface area contributed by atoms with E-state index >= 15 is 0 Å². The quantitative estimate of drug-likeness (QED) is 0.897. The predicted molar refractivity (Wildman–Crippen MR) is 107 cm³/mol. The molecule has 1 aliphatic rings. The molecule has 2 atom stereocenters. The Labute approximate surface area is 156 Å². The van der Waals surface area contributed by atoms with Crippen molar-refractivity contribution in [2.45, 2.75) is 32.9 Å². The molecule has 0 unspecified atom stereocenters. The number of nitrogens with zero attached hydrogens (tertiary/aromatic N) is 2. The van der Waals surface area contributed by atoms with Crippen LogP contribution >= 0.6 is 0 Å². The predicted octanol–water partition coefficient (Wildman–Crippen LogP) is 3.38. The number of aryl methyl sites for hydroxylation is 1. The number of amides is 1. The van der Waals surface area contributed by atoms with Crippen molar-refractivity contribution < 1.29 is 4.79 Å².